The van der Waals surface area contributed by atoms with Crippen LogP contribution in [0.5, 0.6) is 5.75 Å². The van der Waals surface area contributed by atoms with Gasteiger partial charge in [-0.25, -0.2) is 0 Å². The van der Waals surface area contributed by atoms with Crippen LogP contribution in [0, 0.1) is 0 Å². The lowest BCUT2D eigenvalue weighted by atomic mass is 10.2. The average Bonchev–Trinajstić information content (AvgIpc) is 2.88. The highest BCUT2D eigenvalue weighted by atomic mass is 28.4. The summed E-state index contributed by atoms with van der Waals surface area (Å²) in [6, 6.07) is 5.76. The fraction of sp³-hybridized carbons (Fsp3) is 0.667. The highest BCUT2D eigenvalue weighted by molar-refractivity contribution is 6.74. The normalized spacial score (nSPS) is 11.7. The molecule has 8 nitrogen and oxygen atoms in total. The smallest absolute Gasteiger partial charge is 0.325 e. The van der Waals surface area contributed by atoms with Crippen LogP contribution in [0.4, 0.5) is 5.69 Å². The number of rotatable bonds is 20. The topological polar surface area (TPSA) is 83.5 Å². The van der Waals surface area contributed by atoms with E-state index in [9.17, 15) is 9.59 Å². The molecule has 0 fully saturated rings. The van der Waals surface area contributed by atoms with E-state index >= 15 is 0 Å². The standard InChI is InChI=1S/C30H51NO7Si/c1-9-12-14-28(32)37-24-31(22-29(33)36-18-13-10-2)26-21-25(23-38-39(7,8)30(4,5)6)15-16-27(26)35-20-19-34-17-11-3/h11,15-16,21H,3,9-10,12-14,17-20,22-24H2,1-2,4-8H3. The molecule has 0 unspecified atom stereocenters. The maximum Gasteiger partial charge on any atom is 0.325 e. The Morgan fingerprint density at radius 2 is 1.72 bits per heavy atom. The minimum atomic E-state index is -1.98. The largest absolute Gasteiger partial charge is 0.489 e. The predicted molar refractivity (Wildman–Crippen MR) is 159 cm³/mol. The SMILES string of the molecule is C=CCOCCOc1ccc(CO[Si](C)(C)C(C)(C)C)cc1N(COC(=O)CCCC)CC(=O)OCCCC. The maximum absolute atomic E-state index is 12.7. The lowest BCUT2D eigenvalue weighted by molar-refractivity contribution is -0.146. The second kappa shape index (κ2) is 18.1. The van der Waals surface area contributed by atoms with Crippen molar-refractivity contribution in [3.63, 3.8) is 0 Å². The van der Waals surface area contributed by atoms with Crippen LogP contribution < -0.4 is 9.64 Å². The third-order valence-electron chi connectivity index (χ3n) is 6.69. The molecule has 0 aliphatic rings. The molecule has 1 aromatic rings. The van der Waals surface area contributed by atoms with Crippen LogP contribution in [0.2, 0.25) is 18.1 Å². The molecule has 0 radical (unpaired) electrons. The van der Waals surface area contributed by atoms with E-state index in [0.29, 0.717) is 50.9 Å². The number of nitrogens with zero attached hydrogens (tertiary/aromatic N) is 1. The van der Waals surface area contributed by atoms with Gasteiger partial charge in [0.25, 0.3) is 0 Å². The molecule has 39 heavy (non-hydrogen) atoms. The Hall–Kier alpha value is -2.36. The minimum Gasteiger partial charge on any atom is -0.489 e. The number of ether oxygens (including phenoxy) is 4. The van der Waals surface area contributed by atoms with Crippen molar-refractivity contribution >= 4 is 25.9 Å². The summed E-state index contributed by atoms with van der Waals surface area (Å²) in [4.78, 5) is 26.7. The van der Waals surface area contributed by atoms with Gasteiger partial charge in [0.2, 0.25) is 0 Å². The molecule has 0 aromatic heterocycles. The Balaban J connectivity index is 3.25. The highest BCUT2D eigenvalue weighted by Crippen LogP contribution is 2.38. The van der Waals surface area contributed by atoms with Gasteiger partial charge < -0.3 is 28.3 Å². The van der Waals surface area contributed by atoms with E-state index in [1.807, 2.05) is 32.0 Å². The average molecular weight is 566 g/mol. The second-order valence-corrected chi connectivity index (χ2v) is 15.9. The van der Waals surface area contributed by atoms with Crippen LogP contribution >= 0.6 is 0 Å². The van der Waals surface area contributed by atoms with E-state index in [-0.39, 0.29) is 24.3 Å². The zero-order valence-corrected chi connectivity index (χ0v) is 26.3. The van der Waals surface area contributed by atoms with Crippen molar-refractivity contribution in [3.05, 3.63) is 36.4 Å². The molecule has 0 amide bonds. The predicted octanol–water partition coefficient (Wildman–Crippen LogP) is 6.63. The van der Waals surface area contributed by atoms with Crippen molar-refractivity contribution in [2.24, 2.45) is 0 Å². The van der Waals surface area contributed by atoms with Gasteiger partial charge in [0, 0.05) is 6.42 Å². The third kappa shape index (κ3) is 13.5. The molecule has 1 aromatic carbocycles. The van der Waals surface area contributed by atoms with Crippen LogP contribution in [0.25, 0.3) is 0 Å². The molecule has 0 bridgehead atoms. The van der Waals surface area contributed by atoms with Gasteiger partial charge in [0.15, 0.2) is 15.0 Å². The van der Waals surface area contributed by atoms with Gasteiger partial charge in [-0.1, -0.05) is 59.6 Å². The van der Waals surface area contributed by atoms with Gasteiger partial charge in [-0.05, 0) is 48.7 Å². The Morgan fingerprint density at radius 3 is 2.36 bits per heavy atom. The molecular weight excluding hydrogens is 514 g/mol. The van der Waals surface area contributed by atoms with Crippen molar-refractivity contribution in [2.75, 3.05) is 44.6 Å². The van der Waals surface area contributed by atoms with E-state index in [0.717, 1.165) is 31.2 Å². The molecule has 0 aliphatic carbocycles. The molecule has 0 heterocycles. The number of anilines is 1. The molecule has 0 saturated heterocycles. The van der Waals surface area contributed by atoms with Crippen molar-refractivity contribution in [2.45, 2.75) is 91.5 Å². The van der Waals surface area contributed by atoms with Crippen molar-refractivity contribution < 1.29 is 33.0 Å². The zero-order valence-electron chi connectivity index (χ0n) is 25.3. The summed E-state index contributed by atoms with van der Waals surface area (Å²) in [6.07, 6.45) is 5.37. The maximum atomic E-state index is 12.7. The summed E-state index contributed by atoms with van der Waals surface area (Å²) in [5.74, 6) is -0.144. The molecule has 0 atom stereocenters. The number of carbonyl (C=O) groups excluding carboxylic acids is 2. The van der Waals surface area contributed by atoms with E-state index < -0.39 is 14.3 Å². The first-order chi connectivity index (χ1) is 18.4. The van der Waals surface area contributed by atoms with Crippen LogP contribution in [-0.2, 0) is 34.8 Å². The van der Waals surface area contributed by atoms with E-state index in [2.05, 4.69) is 40.4 Å². The van der Waals surface area contributed by atoms with Crippen LogP contribution in [0.3, 0.4) is 0 Å². The Labute approximate surface area is 237 Å². The quantitative estimate of drug-likeness (QED) is 0.0573. The lowest BCUT2D eigenvalue weighted by Gasteiger charge is -2.36. The number of benzene rings is 1. The van der Waals surface area contributed by atoms with Crippen LogP contribution in [0.1, 0.15) is 72.3 Å². The zero-order chi connectivity index (χ0) is 29.3. The molecule has 0 aliphatic heterocycles. The third-order valence-corrected chi connectivity index (χ3v) is 11.2. The minimum absolute atomic E-state index is 0.0747. The van der Waals surface area contributed by atoms with Crippen LogP contribution in [-0.4, -0.2) is 60.0 Å². The molecule has 0 saturated carbocycles. The molecule has 0 spiro atoms. The number of unbranched alkanes of at least 4 members (excludes halogenated alkanes) is 2. The first-order valence-electron chi connectivity index (χ1n) is 14.1. The van der Waals surface area contributed by atoms with Crippen molar-refractivity contribution in [1.82, 2.24) is 0 Å². The summed E-state index contributed by atoms with van der Waals surface area (Å²) in [6.45, 7) is 20.5. The number of hydrogen-bond acceptors (Lipinski definition) is 8. The lowest BCUT2D eigenvalue weighted by Crippen LogP contribution is -2.40. The van der Waals surface area contributed by atoms with Crippen LogP contribution in [0.15, 0.2) is 30.9 Å². The Morgan fingerprint density at radius 1 is 1.00 bits per heavy atom. The second-order valence-electron chi connectivity index (χ2n) is 11.1. The van der Waals surface area contributed by atoms with Gasteiger partial charge >= 0.3 is 11.9 Å². The molecule has 9 heteroatoms. The van der Waals surface area contributed by atoms with Gasteiger partial charge in [-0.2, -0.15) is 0 Å². The van der Waals surface area contributed by atoms with E-state index in [4.69, 9.17) is 23.4 Å². The fourth-order valence-corrected chi connectivity index (χ4v) is 4.12. The summed E-state index contributed by atoms with van der Waals surface area (Å²) in [7, 11) is -1.98. The van der Waals surface area contributed by atoms with Gasteiger partial charge in [0.1, 0.15) is 18.9 Å². The summed E-state index contributed by atoms with van der Waals surface area (Å²) in [5, 5.41) is 0.0747. The van der Waals surface area contributed by atoms with E-state index in [1.165, 1.54) is 0 Å². The first-order valence-corrected chi connectivity index (χ1v) is 17.0. The summed E-state index contributed by atoms with van der Waals surface area (Å²) < 4.78 is 28.9. The van der Waals surface area contributed by atoms with Crippen molar-refractivity contribution in [3.8, 4) is 5.75 Å². The fourth-order valence-electron chi connectivity index (χ4n) is 3.15. The Kier molecular flexibility index (Phi) is 16.1. The number of esters is 2. The van der Waals surface area contributed by atoms with Gasteiger partial charge in [0.05, 0.1) is 32.1 Å². The molecular formula is C30H51NO7Si. The first kappa shape index (κ1) is 34.7. The summed E-state index contributed by atoms with van der Waals surface area (Å²) in [5.41, 5.74) is 1.57. The monoisotopic (exact) mass is 565 g/mol. The highest BCUT2D eigenvalue weighted by Gasteiger charge is 2.37. The summed E-state index contributed by atoms with van der Waals surface area (Å²) >= 11 is 0. The molecule has 0 N–H and O–H groups in total. The van der Waals surface area contributed by atoms with E-state index in [1.54, 1.807) is 11.0 Å². The number of carbonyl (C=O) groups is 2. The van der Waals surface area contributed by atoms with Gasteiger partial charge in [-0.3, -0.25) is 9.59 Å². The molecule has 1 rings (SSSR count). The number of hydrogen-bond donors (Lipinski definition) is 0. The van der Waals surface area contributed by atoms with Gasteiger partial charge in [-0.15, -0.1) is 6.58 Å². The Bertz CT molecular complexity index is 883. The molecule has 222 valence electrons. The van der Waals surface area contributed by atoms with Crippen molar-refractivity contribution in [1.29, 1.82) is 0 Å².